The van der Waals surface area contributed by atoms with Crippen molar-refractivity contribution in [2.24, 2.45) is 5.92 Å². The number of para-hydroxylation sites is 2. The van der Waals surface area contributed by atoms with Gasteiger partial charge in [-0.1, -0.05) is 43.3 Å². The zero-order chi connectivity index (χ0) is 32.5. The minimum absolute atomic E-state index is 0.114. The number of anilines is 3. The van der Waals surface area contributed by atoms with E-state index in [1.165, 1.54) is 4.90 Å². The van der Waals surface area contributed by atoms with Crippen molar-refractivity contribution < 1.29 is 33.1 Å². The van der Waals surface area contributed by atoms with Crippen LogP contribution in [0.2, 0.25) is 18.6 Å². The van der Waals surface area contributed by atoms with Crippen LogP contribution in [0.1, 0.15) is 30.0 Å². The maximum absolute atomic E-state index is 16.4. The van der Waals surface area contributed by atoms with Gasteiger partial charge in [-0.15, -0.1) is 0 Å². The second-order valence-electron chi connectivity index (χ2n) is 13.4. The Hall–Kier alpha value is -4.06. The van der Waals surface area contributed by atoms with E-state index in [1.54, 1.807) is 60.3 Å². The molecule has 3 aromatic carbocycles. The number of aliphatic hydroxyl groups excluding tert-OH is 1. The molecule has 7 rings (SSSR count). The number of benzene rings is 3. The molecule has 4 aliphatic rings. The van der Waals surface area contributed by atoms with E-state index in [0.717, 1.165) is 11.1 Å². The molecule has 5 atom stereocenters. The van der Waals surface area contributed by atoms with E-state index in [9.17, 15) is 19.5 Å². The first-order valence-electron chi connectivity index (χ1n) is 15.8. The van der Waals surface area contributed by atoms with Crippen LogP contribution in [0.5, 0.6) is 5.75 Å². The van der Waals surface area contributed by atoms with Gasteiger partial charge in [-0.2, -0.15) is 0 Å². The van der Waals surface area contributed by atoms with E-state index in [0.29, 0.717) is 41.3 Å². The van der Waals surface area contributed by atoms with Gasteiger partial charge in [-0.3, -0.25) is 19.3 Å². The summed E-state index contributed by atoms with van der Waals surface area (Å²) in [5, 5.41) is 10.2. The molecular weight excluding hydrogens is 605 g/mol. The molecule has 1 N–H and O–H groups in total. The molecule has 1 spiro atoms. The lowest BCUT2D eigenvalue weighted by Crippen LogP contribution is -2.48. The minimum atomic E-state index is -3.52. The highest BCUT2D eigenvalue weighted by Crippen LogP contribution is 2.60. The Kier molecular flexibility index (Phi) is 7.33. The Morgan fingerprint density at radius 3 is 2.50 bits per heavy atom. The molecule has 0 aromatic heterocycles. The molecule has 11 heteroatoms. The van der Waals surface area contributed by atoms with E-state index in [2.05, 4.69) is 0 Å². The number of carbonyl (C=O) groups excluding carboxylic acids is 3. The second kappa shape index (κ2) is 11.0. The first-order valence-corrected chi connectivity index (χ1v) is 18.7. The summed E-state index contributed by atoms with van der Waals surface area (Å²) >= 11 is 0. The highest BCUT2D eigenvalue weighted by Gasteiger charge is 2.66. The average molecular weight is 644 g/mol. The fraction of sp³-hybridized carbons (Fsp3) is 0.400. The number of rotatable bonds is 5. The van der Waals surface area contributed by atoms with E-state index < -0.39 is 37.6 Å². The van der Waals surface area contributed by atoms with Crippen molar-refractivity contribution in [1.82, 2.24) is 4.90 Å². The topological polar surface area (TPSA) is 99.6 Å². The molecule has 0 radical (unpaired) electrons. The summed E-state index contributed by atoms with van der Waals surface area (Å²) in [6.45, 7) is 5.07. The highest BCUT2D eigenvalue weighted by atomic mass is 28.4. The molecule has 240 valence electrons. The smallest absolute Gasteiger partial charge is 0.269 e. The Bertz CT molecular complexity index is 1750. The van der Waals surface area contributed by atoms with Crippen molar-refractivity contribution in [3.05, 3.63) is 83.4 Å². The summed E-state index contributed by atoms with van der Waals surface area (Å²) in [5.74, 6) is -0.840. The third kappa shape index (κ3) is 4.58. The lowest BCUT2D eigenvalue weighted by Gasteiger charge is -2.37. The number of fused-ring (bicyclic) bond motifs is 4. The van der Waals surface area contributed by atoms with Crippen molar-refractivity contribution in [1.29, 1.82) is 0 Å². The largest absolute Gasteiger partial charge is 0.482 e. The Labute approximate surface area is 268 Å². The van der Waals surface area contributed by atoms with Gasteiger partial charge in [0.25, 0.3) is 11.8 Å². The van der Waals surface area contributed by atoms with Crippen LogP contribution in [0.25, 0.3) is 0 Å². The molecule has 46 heavy (non-hydrogen) atoms. The standard InChI is InChI=1S/C35H38FN3O6Si/c1-21-33(46(3,4)36)30(17-31(41)38-18-23-10-6-5-9-22(23)15-25(38)19-40)45-35(21)26-16-24(13-14-27(26)37(2)34(35)43)39-28-11-7-8-12-29(28)44-20-32(39)42/h5-14,16,21,25,30,33,40H,15,17-20H2,1-4H3/t21-,25-,30+,33-,35+/m0/s1. The van der Waals surface area contributed by atoms with Gasteiger partial charge in [0.05, 0.1) is 36.5 Å². The molecule has 3 amide bonds. The van der Waals surface area contributed by atoms with Gasteiger partial charge < -0.3 is 28.5 Å². The zero-order valence-electron chi connectivity index (χ0n) is 26.4. The summed E-state index contributed by atoms with van der Waals surface area (Å²) in [4.78, 5) is 46.2. The number of likely N-dealkylation sites (N-methyl/N-ethyl adjacent to an activating group) is 1. The van der Waals surface area contributed by atoms with E-state index in [-0.39, 0.29) is 37.4 Å². The zero-order valence-corrected chi connectivity index (χ0v) is 27.4. The lowest BCUT2D eigenvalue weighted by atomic mass is 9.82. The number of ether oxygens (including phenoxy) is 2. The third-order valence-corrected chi connectivity index (χ3v) is 12.8. The molecular formula is C35H38FN3O6Si. The molecule has 4 heterocycles. The summed E-state index contributed by atoms with van der Waals surface area (Å²) in [6, 6.07) is 20.1. The molecule has 4 aliphatic heterocycles. The first kappa shape index (κ1) is 30.6. The van der Waals surface area contributed by atoms with Crippen LogP contribution in [0.15, 0.2) is 66.7 Å². The van der Waals surface area contributed by atoms with Crippen molar-refractivity contribution in [2.75, 3.05) is 30.1 Å². The molecule has 0 bridgehead atoms. The van der Waals surface area contributed by atoms with Gasteiger partial charge in [0.15, 0.2) is 12.2 Å². The maximum atomic E-state index is 16.4. The summed E-state index contributed by atoms with van der Waals surface area (Å²) in [6.07, 6.45) is -0.444. The average Bonchev–Trinajstić information content (AvgIpc) is 3.45. The fourth-order valence-electron chi connectivity index (χ4n) is 8.20. The highest BCUT2D eigenvalue weighted by molar-refractivity contribution is 6.72. The molecule has 0 unspecified atom stereocenters. The third-order valence-electron chi connectivity index (χ3n) is 10.3. The molecule has 3 aromatic rings. The summed E-state index contributed by atoms with van der Waals surface area (Å²) < 4.78 is 28.8. The number of hydrogen-bond acceptors (Lipinski definition) is 6. The molecule has 0 saturated carbocycles. The minimum Gasteiger partial charge on any atom is -0.482 e. The maximum Gasteiger partial charge on any atom is 0.269 e. The first-order chi connectivity index (χ1) is 22.0. The van der Waals surface area contributed by atoms with Gasteiger partial charge in [0, 0.05) is 36.3 Å². The lowest BCUT2D eigenvalue weighted by molar-refractivity contribution is -0.150. The predicted octanol–water partition coefficient (Wildman–Crippen LogP) is 4.83. The van der Waals surface area contributed by atoms with Crippen molar-refractivity contribution in [3.8, 4) is 5.75 Å². The number of aliphatic hydroxyl groups is 1. The van der Waals surface area contributed by atoms with Crippen LogP contribution in [-0.4, -0.2) is 68.5 Å². The van der Waals surface area contributed by atoms with Crippen molar-refractivity contribution in [3.63, 3.8) is 0 Å². The quantitative estimate of drug-likeness (QED) is 0.316. The van der Waals surface area contributed by atoms with Crippen LogP contribution in [-0.2, 0) is 37.7 Å². The Morgan fingerprint density at radius 1 is 1.04 bits per heavy atom. The number of hydrogen-bond donors (Lipinski definition) is 1. The normalized spacial score (nSPS) is 27.0. The van der Waals surface area contributed by atoms with Crippen molar-refractivity contribution >= 4 is 43.2 Å². The Balaban J connectivity index is 1.26. The van der Waals surface area contributed by atoms with Gasteiger partial charge >= 0.3 is 0 Å². The van der Waals surface area contributed by atoms with Crippen LogP contribution in [0.3, 0.4) is 0 Å². The second-order valence-corrected chi connectivity index (χ2v) is 17.2. The van der Waals surface area contributed by atoms with E-state index in [1.807, 2.05) is 43.3 Å². The Morgan fingerprint density at radius 2 is 1.76 bits per heavy atom. The van der Waals surface area contributed by atoms with Gasteiger partial charge in [-0.05, 0) is 61.0 Å². The monoisotopic (exact) mass is 643 g/mol. The van der Waals surface area contributed by atoms with Crippen LogP contribution >= 0.6 is 0 Å². The predicted molar refractivity (Wildman–Crippen MR) is 173 cm³/mol. The van der Waals surface area contributed by atoms with E-state index >= 15 is 4.11 Å². The SMILES string of the molecule is C[C@H]1[C@H]([Si](C)(C)F)[C@@H](CC(=O)N2Cc3ccccc3C[C@H]2CO)O[C@]12C(=O)N(C)c1ccc(N3C(=O)COc4ccccc43)cc12. The fourth-order valence-corrected chi connectivity index (χ4v) is 10.7. The van der Waals surface area contributed by atoms with E-state index in [4.69, 9.17) is 9.47 Å². The van der Waals surface area contributed by atoms with Crippen molar-refractivity contribution in [2.45, 2.75) is 62.7 Å². The summed E-state index contributed by atoms with van der Waals surface area (Å²) in [5.41, 5.74) is 2.22. The van der Waals surface area contributed by atoms with Crippen LogP contribution < -0.4 is 14.5 Å². The molecule has 1 fully saturated rings. The molecule has 0 aliphatic carbocycles. The van der Waals surface area contributed by atoms with Gasteiger partial charge in [-0.25, -0.2) is 0 Å². The molecule has 9 nitrogen and oxygen atoms in total. The number of amides is 3. The van der Waals surface area contributed by atoms with Gasteiger partial charge in [0.1, 0.15) is 5.75 Å². The van der Waals surface area contributed by atoms with Crippen LogP contribution in [0.4, 0.5) is 21.2 Å². The summed E-state index contributed by atoms with van der Waals surface area (Å²) in [7, 11) is -1.85. The molecule has 1 saturated heterocycles. The number of carbonyl (C=O) groups is 3. The van der Waals surface area contributed by atoms with Gasteiger partial charge in [0.2, 0.25) is 14.3 Å². The van der Waals surface area contributed by atoms with Crippen LogP contribution in [0, 0.1) is 5.92 Å². The number of nitrogens with zero attached hydrogens (tertiary/aromatic N) is 3. The number of halogens is 1.